The van der Waals surface area contributed by atoms with Gasteiger partial charge in [-0.1, -0.05) is 48.9 Å². The zero-order valence-electron chi connectivity index (χ0n) is 15.6. The van der Waals surface area contributed by atoms with Crippen molar-refractivity contribution in [3.63, 3.8) is 0 Å². The molecule has 2 amide bonds. The van der Waals surface area contributed by atoms with Crippen molar-refractivity contribution in [1.82, 2.24) is 4.90 Å². The molecule has 0 unspecified atom stereocenters. The fourth-order valence-corrected chi connectivity index (χ4v) is 6.11. The van der Waals surface area contributed by atoms with E-state index in [1.54, 1.807) is 9.80 Å². The number of anilines is 1. The van der Waals surface area contributed by atoms with Gasteiger partial charge in [0.2, 0.25) is 0 Å². The molecule has 0 radical (unpaired) electrons. The molecule has 2 fully saturated rings. The van der Waals surface area contributed by atoms with Crippen molar-refractivity contribution < 1.29 is 13.2 Å². The van der Waals surface area contributed by atoms with E-state index in [-0.39, 0.29) is 29.6 Å². The maximum absolute atomic E-state index is 13.2. The molecular weight excluding hydrogens is 360 g/mol. The summed E-state index contributed by atoms with van der Waals surface area (Å²) in [7, 11) is -3.15. The predicted molar refractivity (Wildman–Crippen MR) is 107 cm³/mol. The monoisotopic (exact) mass is 384 g/mol. The average molecular weight is 385 g/mol. The fourth-order valence-electron chi connectivity index (χ4n) is 4.16. The minimum atomic E-state index is -3.15. The highest BCUT2D eigenvalue weighted by Gasteiger charge is 2.53. The number of aryl methyl sites for hydroxylation is 2. The lowest BCUT2D eigenvalue weighted by molar-refractivity contribution is 0.206. The Balaban J connectivity index is 1.69. The van der Waals surface area contributed by atoms with Crippen molar-refractivity contribution >= 4 is 21.6 Å². The highest BCUT2D eigenvalue weighted by atomic mass is 32.2. The summed E-state index contributed by atoms with van der Waals surface area (Å²) in [6.45, 7) is 4.53. The molecule has 5 nitrogen and oxygen atoms in total. The van der Waals surface area contributed by atoms with Crippen LogP contribution in [-0.4, -0.2) is 42.9 Å². The number of rotatable bonds is 4. The van der Waals surface area contributed by atoms with Gasteiger partial charge in [-0.25, -0.2) is 13.2 Å². The van der Waals surface area contributed by atoms with Crippen LogP contribution >= 0.6 is 0 Å². The Morgan fingerprint density at radius 3 is 2.37 bits per heavy atom. The third-order valence-corrected chi connectivity index (χ3v) is 7.23. The minimum absolute atomic E-state index is 0.0310. The smallest absolute Gasteiger partial charge is 0.314 e. The molecule has 6 heteroatoms. The molecule has 2 aliphatic heterocycles. The third-order valence-electron chi connectivity index (χ3n) is 5.54. The summed E-state index contributed by atoms with van der Waals surface area (Å²) in [5.74, 6) is 0.0714. The van der Waals surface area contributed by atoms with Crippen molar-refractivity contribution in [1.29, 1.82) is 0 Å². The topological polar surface area (TPSA) is 57.7 Å². The largest absolute Gasteiger partial charge is 0.325 e. The van der Waals surface area contributed by atoms with Crippen LogP contribution in [0.2, 0.25) is 0 Å². The first-order valence-electron chi connectivity index (χ1n) is 9.33. The van der Waals surface area contributed by atoms with Crippen LogP contribution in [0.5, 0.6) is 0 Å². The van der Waals surface area contributed by atoms with Crippen LogP contribution in [0, 0.1) is 6.92 Å². The molecule has 2 saturated heterocycles. The molecule has 0 aromatic heterocycles. The molecule has 0 saturated carbocycles. The van der Waals surface area contributed by atoms with Crippen molar-refractivity contribution in [2.45, 2.75) is 38.9 Å². The van der Waals surface area contributed by atoms with Crippen LogP contribution in [-0.2, 0) is 22.8 Å². The molecular formula is C21H24N2O3S. The van der Waals surface area contributed by atoms with E-state index in [0.717, 1.165) is 23.2 Å². The highest BCUT2D eigenvalue weighted by molar-refractivity contribution is 7.91. The summed E-state index contributed by atoms with van der Waals surface area (Å²) >= 11 is 0. The van der Waals surface area contributed by atoms with Gasteiger partial charge in [0.1, 0.15) is 0 Å². The average Bonchev–Trinajstić information content (AvgIpc) is 3.06. The molecule has 0 spiro atoms. The van der Waals surface area contributed by atoms with E-state index in [2.05, 4.69) is 6.92 Å². The van der Waals surface area contributed by atoms with E-state index in [1.165, 1.54) is 5.56 Å². The molecule has 27 heavy (non-hydrogen) atoms. The first kappa shape index (κ1) is 18.0. The maximum atomic E-state index is 13.2. The summed E-state index contributed by atoms with van der Waals surface area (Å²) in [6.07, 6.45) is 0.925. The number of hydrogen-bond acceptors (Lipinski definition) is 3. The number of urea groups is 1. The van der Waals surface area contributed by atoms with Gasteiger partial charge in [0.15, 0.2) is 9.84 Å². The van der Waals surface area contributed by atoms with Crippen LogP contribution < -0.4 is 4.90 Å². The standard InChI is InChI=1S/C21H24N2O3S/c1-3-16-7-9-18(10-8-16)23-20-14-27(25,26)13-19(20)22(21(23)24)12-17-6-4-5-15(2)11-17/h4-11,19-20H,3,12-14H2,1-2H3/t19-,20+/m0/s1. The van der Waals surface area contributed by atoms with Crippen LogP contribution in [0.3, 0.4) is 0 Å². The molecule has 0 N–H and O–H groups in total. The number of carbonyl (C=O) groups excluding carboxylic acids is 1. The number of benzene rings is 2. The number of carbonyl (C=O) groups is 1. The quantitative estimate of drug-likeness (QED) is 0.761. The van der Waals surface area contributed by atoms with Crippen molar-refractivity contribution in [3.8, 4) is 0 Å². The van der Waals surface area contributed by atoms with Crippen molar-refractivity contribution in [2.75, 3.05) is 16.4 Å². The summed E-state index contributed by atoms with van der Waals surface area (Å²) in [5, 5.41) is 0. The molecule has 0 bridgehead atoms. The molecule has 4 rings (SSSR count). The van der Waals surface area contributed by atoms with Gasteiger partial charge in [0.05, 0.1) is 23.6 Å². The summed E-state index contributed by atoms with van der Waals surface area (Å²) in [6, 6.07) is 15.1. The van der Waals surface area contributed by atoms with Gasteiger partial charge in [0.25, 0.3) is 0 Å². The number of hydrogen-bond donors (Lipinski definition) is 0. The van der Waals surface area contributed by atoms with Gasteiger partial charge in [0, 0.05) is 12.2 Å². The van der Waals surface area contributed by atoms with Crippen LogP contribution in [0.15, 0.2) is 48.5 Å². The third kappa shape index (κ3) is 3.34. The van der Waals surface area contributed by atoms with Gasteiger partial charge in [-0.3, -0.25) is 4.90 Å². The maximum Gasteiger partial charge on any atom is 0.325 e. The van der Waals surface area contributed by atoms with E-state index in [4.69, 9.17) is 0 Å². The SMILES string of the molecule is CCc1ccc(N2C(=O)N(Cc3cccc(C)c3)[C@H]3CS(=O)(=O)C[C@H]32)cc1. The normalized spacial score (nSPS) is 23.7. The van der Waals surface area contributed by atoms with Crippen molar-refractivity contribution in [3.05, 3.63) is 65.2 Å². The molecule has 2 heterocycles. The van der Waals surface area contributed by atoms with Crippen LogP contribution in [0.25, 0.3) is 0 Å². The zero-order valence-corrected chi connectivity index (χ0v) is 16.4. The van der Waals surface area contributed by atoms with E-state index < -0.39 is 9.84 Å². The van der Waals surface area contributed by atoms with Crippen LogP contribution in [0.4, 0.5) is 10.5 Å². The van der Waals surface area contributed by atoms with Gasteiger partial charge >= 0.3 is 6.03 Å². The summed E-state index contributed by atoms with van der Waals surface area (Å²) in [4.78, 5) is 16.7. The highest BCUT2D eigenvalue weighted by Crippen LogP contribution is 2.36. The number of amides is 2. The van der Waals surface area contributed by atoms with Gasteiger partial charge in [-0.15, -0.1) is 0 Å². The Bertz CT molecular complexity index is 969. The fraction of sp³-hybridized carbons (Fsp3) is 0.381. The second-order valence-electron chi connectivity index (χ2n) is 7.50. The van der Waals surface area contributed by atoms with E-state index in [9.17, 15) is 13.2 Å². The second kappa shape index (κ2) is 6.68. The van der Waals surface area contributed by atoms with Gasteiger partial charge in [-0.05, 0) is 36.6 Å². The molecule has 142 valence electrons. The Labute approximate surface area is 160 Å². The minimum Gasteiger partial charge on any atom is -0.314 e. The Morgan fingerprint density at radius 2 is 1.70 bits per heavy atom. The second-order valence-corrected chi connectivity index (χ2v) is 9.65. The summed E-state index contributed by atoms with van der Waals surface area (Å²) in [5.41, 5.74) is 4.12. The van der Waals surface area contributed by atoms with Gasteiger partial charge in [-0.2, -0.15) is 0 Å². The van der Waals surface area contributed by atoms with E-state index >= 15 is 0 Å². The van der Waals surface area contributed by atoms with E-state index in [0.29, 0.717) is 6.54 Å². The molecule has 2 atom stereocenters. The molecule has 2 aliphatic rings. The Hall–Kier alpha value is -2.34. The lowest BCUT2D eigenvalue weighted by Crippen LogP contribution is -2.37. The first-order chi connectivity index (χ1) is 12.9. The number of nitrogens with zero attached hydrogens (tertiary/aromatic N) is 2. The van der Waals surface area contributed by atoms with Crippen molar-refractivity contribution in [2.24, 2.45) is 0 Å². The molecule has 2 aromatic carbocycles. The molecule has 0 aliphatic carbocycles. The Morgan fingerprint density at radius 1 is 1.00 bits per heavy atom. The van der Waals surface area contributed by atoms with E-state index in [1.807, 2.05) is 55.5 Å². The summed E-state index contributed by atoms with van der Waals surface area (Å²) < 4.78 is 24.6. The number of fused-ring (bicyclic) bond motifs is 1. The Kier molecular flexibility index (Phi) is 4.46. The lowest BCUT2D eigenvalue weighted by atomic mass is 10.1. The predicted octanol–water partition coefficient (Wildman–Crippen LogP) is 3.17. The van der Waals surface area contributed by atoms with Crippen LogP contribution in [0.1, 0.15) is 23.6 Å². The lowest BCUT2D eigenvalue weighted by Gasteiger charge is -2.23. The first-order valence-corrected chi connectivity index (χ1v) is 11.1. The zero-order chi connectivity index (χ0) is 19.2. The molecule has 2 aromatic rings. The van der Waals surface area contributed by atoms with Gasteiger partial charge < -0.3 is 4.90 Å². The number of sulfone groups is 1.